The van der Waals surface area contributed by atoms with Crippen molar-refractivity contribution in [3.05, 3.63) is 59.0 Å². The number of benzene rings is 1. The summed E-state index contributed by atoms with van der Waals surface area (Å²) >= 11 is 0. The number of H-pyrrole nitrogens is 1. The minimum atomic E-state index is -1.49. The van der Waals surface area contributed by atoms with Gasteiger partial charge in [0.15, 0.2) is 11.7 Å². The summed E-state index contributed by atoms with van der Waals surface area (Å²) in [5, 5.41) is 37.6. The summed E-state index contributed by atoms with van der Waals surface area (Å²) in [6, 6.07) is 7.60. The van der Waals surface area contributed by atoms with E-state index in [-0.39, 0.29) is 0 Å². The first-order valence-corrected chi connectivity index (χ1v) is 10.5. The Hall–Kier alpha value is -2.72. The molecule has 1 unspecified atom stereocenters. The lowest BCUT2D eigenvalue weighted by Crippen LogP contribution is -2.45. The highest BCUT2D eigenvalue weighted by Gasteiger charge is 2.52. The van der Waals surface area contributed by atoms with Crippen molar-refractivity contribution in [1.82, 2.24) is 14.5 Å². The monoisotopic (exact) mass is 426 g/mol. The van der Waals surface area contributed by atoms with Crippen molar-refractivity contribution in [3.8, 4) is 0 Å². The van der Waals surface area contributed by atoms with Crippen LogP contribution in [0.15, 0.2) is 41.9 Å². The highest BCUT2D eigenvalue weighted by molar-refractivity contribution is 5.74. The Labute approximate surface area is 178 Å². The van der Waals surface area contributed by atoms with Gasteiger partial charge in [-0.15, -0.1) is 0 Å². The Morgan fingerprint density at radius 1 is 1.26 bits per heavy atom. The van der Waals surface area contributed by atoms with Crippen LogP contribution in [0.25, 0.3) is 11.0 Å². The molecule has 1 fully saturated rings. The number of aromatic nitrogens is 3. The van der Waals surface area contributed by atoms with Crippen LogP contribution in [0.5, 0.6) is 0 Å². The molecule has 2 aliphatic rings. The fraction of sp³-hybridized carbons (Fsp3) is 0.455. The van der Waals surface area contributed by atoms with E-state index >= 15 is 0 Å². The number of hydrogen-bond acceptors (Lipinski definition) is 7. The highest BCUT2D eigenvalue weighted by atomic mass is 16.6. The fourth-order valence-electron chi connectivity index (χ4n) is 4.43. The Morgan fingerprint density at radius 2 is 2.06 bits per heavy atom. The SMILES string of the molecule is CCON=c1[nH]cnc2c1ccn2[C@@H]1O[C@H](C(C)(O)c2ccc3c(c2)CC3)[C@@H](O)[C@H]1O. The van der Waals surface area contributed by atoms with Crippen LogP contribution in [0.4, 0.5) is 0 Å². The number of aromatic amines is 1. The lowest BCUT2D eigenvalue weighted by molar-refractivity contribution is -0.135. The summed E-state index contributed by atoms with van der Waals surface area (Å²) < 4.78 is 7.70. The molecule has 4 N–H and O–H groups in total. The maximum Gasteiger partial charge on any atom is 0.181 e. The molecule has 0 radical (unpaired) electrons. The normalized spacial score (nSPS) is 27.7. The third-order valence-electron chi connectivity index (χ3n) is 6.34. The van der Waals surface area contributed by atoms with E-state index in [1.54, 1.807) is 23.8 Å². The standard InChI is InChI=1S/C22H26N4O5/c1-3-30-25-19-15-8-9-26(20(15)24-11-23-19)21-17(28)16(27)18(31-21)22(2,29)14-7-6-12-4-5-13(12)10-14/h6-11,16-18,21,27-29H,3-5H2,1-2H3,(H,23,24,25)/t16-,17+,18-,21+,22?/m0/s1. The minimum absolute atomic E-state index is 0.425. The third-order valence-corrected chi connectivity index (χ3v) is 6.34. The number of hydrogen-bond donors (Lipinski definition) is 4. The number of aliphatic hydroxyl groups excluding tert-OH is 2. The molecule has 3 heterocycles. The van der Waals surface area contributed by atoms with Crippen molar-refractivity contribution in [3.63, 3.8) is 0 Å². The number of aryl methyl sites for hydroxylation is 2. The molecule has 1 aliphatic carbocycles. The van der Waals surface area contributed by atoms with Crippen LogP contribution >= 0.6 is 0 Å². The van der Waals surface area contributed by atoms with E-state index in [2.05, 4.69) is 15.1 Å². The molecule has 3 aromatic rings. The molecule has 0 amide bonds. The third kappa shape index (κ3) is 3.16. The summed E-state index contributed by atoms with van der Waals surface area (Å²) in [5.74, 6) is 0. The summed E-state index contributed by atoms with van der Waals surface area (Å²) in [7, 11) is 0. The zero-order valence-electron chi connectivity index (χ0n) is 17.4. The maximum absolute atomic E-state index is 11.3. The number of aliphatic hydroxyl groups is 3. The van der Waals surface area contributed by atoms with Crippen LogP contribution in [0, 0.1) is 0 Å². The van der Waals surface area contributed by atoms with Crippen LogP contribution in [0.3, 0.4) is 0 Å². The summed E-state index contributed by atoms with van der Waals surface area (Å²) in [6.45, 7) is 3.87. The predicted octanol–water partition coefficient (Wildman–Crippen LogP) is 0.842. The number of rotatable bonds is 5. The van der Waals surface area contributed by atoms with Crippen molar-refractivity contribution in [2.45, 2.75) is 56.8 Å². The van der Waals surface area contributed by atoms with Crippen LogP contribution in [0.2, 0.25) is 0 Å². The molecule has 5 atom stereocenters. The summed E-state index contributed by atoms with van der Waals surface area (Å²) in [6.07, 6.45) is 0.721. The molecule has 1 saturated heterocycles. The largest absolute Gasteiger partial charge is 0.394 e. The molecule has 5 rings (SSSR count). The molecular formula is C22H26N4O5. The fourth-order valence-corrected chi connectivity index (χ4v) is 4.43. The van der Waals surface area contributed by atoms with Gasteiger partial charge in [0, 0.05) is 6.20 Å². The van der Waals surface area contributed by atoms with Gasteiger partial charge in [0.2, 0.25) is 0 Å². The molecule has 1 aliphatic heterocycles. The zero-order valence-corrected chi connectivity index (χ0v) is 17.4. The van der Waals surface area contributed by atoms with Crippen molar-refractivity contribution in [2.75, 3.05) is 6.61 Å². The second-order valence-corrected chi connectivity index (χ2v) is 8.28. The first-order chi connectivity index (χ1) is 14.9. The minimum Gasteiger partial charge on any atom is -0.394 e. The Kier molecular flexibility index (Phi) is 4.86. The molecule has 164 valence electrons. The average molecular weight is 426 g/mol. The lowest BCUT2D eigenvalue weighted by Gasteiger charge is -2.33. The Balaban J connectivity index is 1.49. The van der Waals surface area contributed by atoms with Gasteiger partial charge in [0.05, 0.1) is 11.7 Å². The summed E-state index contributed by atoms with van der Waals surface area (Å²) in [4.78, 5) is 12.4. The van der Waals surface area contributed by atoms with Crippen molar-refractivity contribution in [1.29, 1.82) is 0 Å². The summed E-state index contributed by atoms with van der Waals surface area (Å²) in [5.41, 5.74) is 2.65. The number of ether oxygens (including phenoxy) is 1. The van der Waals surface area contributed by atoms with Gasteiger partial charge in [0.25, 0.3) is 0 Å². The first-order valence-electron chi connectivity index (χ1n) is 10.5. The van der Waals surface area contributed by atoms with Gasteiger partial charge in [-0.2, -0.15) is 0 Å². The zero-order chi connectivity index (χ0) is 21.8. The van der Waals surface area contributed by atoms with Crippen LogP contribution in [0.1, 0.15) is 36.8 Å². The first kappa shape index (κ1) is 20.2. The molecular weight excluding hydrogens is 400 g/mol. The average Bonchev–Trinajstić information content (AvgIpc) is 3.29. The van der Waals surface area contributed by atoms with Crippen molar-refractivity contribution in [2.24, 2.45) is 5.16 Å². The maximum atomic E-state index is 11.3. The number of nitrogens with one attached hydrogen (secondary N) is 1. The molecule has 0 saturated carbocycles. The predicted molar refractivity (Wildman–Crippen MR) is 111 cm³/mol. The van der Waals surface area contributed by atoms with E-state index in [0.29, 0.717) is 28.7 Å². The van der Waals surface area contributed by atoms with Gasteiger partial charge in [-0.3, -0.25) is 0 Å². The lowest BCUT2D eigenvalue weighted by atomic mass is 9.81. The van der Waals surface area contributed by atoms with Crippen molar-refractivity contribution >= 4 is 11.0 Å². The Morgan fingerprint density at radius 3 is 2.77 bits per heavy atom. The number of nitrogens with zero attached hydrogens (tertiary/aromatic N) is 3. The van der Waals surface area contributed by atoms with E-state index in [0.717, 1.165) is 12.8 Å². The van der Waals surface area contributed by atoms with Crippen LogP contribution in [-0.2, 0) is 28.0 Å². The second-order valence-electron chi connectivity index (χ2n) is 8.28. The van der Waals surface area contributed by atoms with Crippen LogP contribution in [-0.4, -0.2) is 54.8 Å². The van der Waals surface area contributed by atoms with Gasteiger partial charge in [-0.25, -0.2) is 4.98 Å². The van der Waals surface area contributed by atoms with Crippen molar-refractivity contribution < 1.29 is 24.9 Å². The molecule has 9 heteroatoms. The van der Waals surface area contributed by atoms with Gasteiger partial charge in [0.1, 0.15) is 36.2 Å². The Bertz CT molecular complexity index is 1180. The van der Waals surface area contributed by atoms with E-state index in [4.69, 9.17) is 9.57 Å². The van der Waals surface area contributed by atoms with E-state index < -0.39 is 30.1 Å². The van der Waals surface area contributed by atoms with E-state index in [1.165, 1.54) is 17.5 Å². The molecule has 2 aromatic heterocycles. The van der Waals surface area contributed by atoms with Gasteiger partial charge in [-0.1, -0.05) is 23.4 Å². The molecule has 1 aromatic carbocycles. The van der Waals surface area contributed by atoms with Crippen LogP contribution < -0.4 is 5.49 Å². The van der Waals surface area contributed by atoms with Gasteiger partial charge < -0.3 is 34.4 Å². The molecule has 0 spiro atoms. The highest BCUT2D eigenvalue weighted by Crippen LogP contribution is 2.41. The van der Waals surface area contributed by atoms with Gasteiger partial charge >= 0.3 is 0 Å². The smallest absolute Gasteiger partial charge is 0.181 e. The number of fused-ring (bicyclic) bond motifs is 2. The topological polar surface area (TPSA) is 125 Å². The van der Waals surface area contributed by atoms with E-state index in [9.17, 15) is 15.3 Å². The van der Waals surface area contributed by atoms with E-state index in [1.807, 2.05) is 25.1 Å². The second kappa shape index (κ2) is 7.45. The molecule has 31 heavy (non-hydrogen) atoms. The van der Waals surface area contributed by atoms with Gasteiger partial charge in [-0.05, 0) is 49.4 Å². The molecule has 9 nitrogen and oxygen atoms in total. The molecule has 0 bridgehead atoms. The quantitative estimate of drug-likeness (QED) is 0.448.